The van der Waals surface area contributed by atoms with E-state index >= 15 is 0 Å². The quantitative estimate of drug-likeness (QED) is 0.402. The van der Waals surface area contributed by atoms with E-state index in [0.29, 0.717) is 33.9 Å². The number of aromatic nitrogens is 7. The van der Waals surface area contributed by atoms with Crippen LogP contribution in [0.2, 0.25) is 0 Å². The summed E-state index contributed by atoms with van der Waals surface area (Å²) in [5.74, 6) is 0.654. The average Bonchev–Trinajstić information content (AvgIpc) is 3.45. The van der Waals surface area contributed by atoms with Gasteiger partial charge in [0.05, 0.1) is 17.1 Å². The van der Waals surface area contributed by atoms with Gasteiger partial charge >= 0.3 is 0 Å². The van der Waals surface area contributed by atoms with Crippen molar-refractivity contribution < 1.29 is 4.79 Å². The fraction of sp³-hybridized carbons (Fsp3) is 0.231. The lowest BCUT2D eigenvalue weighted by Crippen LogP contribution is -2.18. The van der Waals surface area contributed by atoms with Crippen molar-refractivity contribution in [2.24, 2.45) is 7.05 Å². The summed E-state index contributed by atoms with van der Waals surface area (Å²) in [5, 5.41) is 13.2. The molecule has 1 aliphatic carbocycles. The minimum Gasteiger partial charge on any atom is -0.383 e. The van der Waals surface area contributed by atoms with Gasteiger partial charge in [-0.2, -0.15) is 10.2 Å². The van der Waals surface area contributed by atoms with Crippen LogP contribution in [0, 0.1) is 6.92 Å². The number of amides is 1. The van der Waals surface area contributed by atoms with Crippen molar-refractivity contribution in [1.29, 1.82) is 0 Å². The van der Waals surface area contributed by atoms with E-state index in [-0.39, 0.29) is 11.9 Å². The number of pyridine rings is 1. The normalized spacial score (nSPS) is 15.1. The van der Waals surface area contributed by atoms with Gasteiger partial charge in [-0.05, 0) is 56.0 Å². The number of nitrogen functional groups attached to an aromatic ring is 1. The summed E-state index contributed by atoms with van der Waals surface area (Å²) < 4.78 is 3.81. The maximum atomic E-state index is 12.8. The van der Waals surface area contributed by atoms with Crippen LogP contribution in [0.1, 0.15) is 46.1 Å². The Morgan fingerprint density at radius 1 is 1.11 bits per heavy atom. The van der Waals surface area contributed by atoms with Crippen LogP contribution in [-0.4, -0.2) is 40.4 Å². The standard InChI is InChI=1S/C26H25N9O/c1-15-10-11-28-21(12-15)31-26(36)17-8-6-16(7-9-17)23-22-24(27)29-14-30-25(22)35(33-23)20-5-3-4-19-18(20)13-34(2)32-19/h6-14,20H,3-5H2,1-2H3,(H2,27,29,30)(H,28,31,36)/t20-/m1/s1. The van der Waals surface area contributed by atoms with Gasteiger partial charge in [-0.25, -0.2) is 19.6 Å². The Kier molecular flexibility index (Phi) is 5.21. The molecule has 10 nitrogen and oxygen atoms in total. The first kappa shape index (κ1) is 21.9. The highest BCUT2D eigenvalue weighted by Crippen LogP contribution is 2.37. The number of carbonyl (C=O) groups excluding carboxylic acids is 1. The number of hydrogen-bond acceptors (Lipinski definition) is 7. The number of fused-ring (bicyclic) bond motifs is 2. The Morgan fingerprint density at radius 3 is 2.75 bits per heavy atom. The first-order chi connectivity index (χ1) is 17.5. The van der Waals surface area contributed by atoms with Gasteiger partial charge < -0.3 is 11.1 Å². The van der Waals surface area contributed by atoms with Gasteiger partial charge in [0.1, 0.15) is 23.7 Å². The highest BCUT2D eigenvalue weighted by molar-refractivity contribution is 6.04. The molecule has 1 aromatic carbocycles. The minimum atomic E-state index is -0.232. The van der Waals surface area contributed by atoms with E-state index in [0.717, 1.165) is 41.6 Å². The van der Waals surface area contributed by atoms with Gasteiger partial charge in [-0.1, -0.05) is 12.1 Å². The molecule has 36 heavy (non-hydrogen) atoms. The SMILES string of the molecule is Cc1ccnc(NC(=O)c2ccc(-c3nn([C@@H]4CCCc5nn(C)cc54)c4ncnc(N)c34)cc2)c1. The van der Waals surface area contributed by atoms with Crippen LogP contribution in [0.4, 0.5) is 11.6 Å². The molecule has 1 amide bonds. The topological polar surface area (TPSA) is 129 Å². The lowest BCUT2D eigenvalue weighted by molar-refractivity contribution is 0.102. The number of rotatable bonds is 4. The van der Waals surface area contributed by atoms with Crippen molar-refractivity contribution in [2.45, 2.75) is 32.2 Å². The van der Waals surface area contributed by atoms with Gasteiger partial charge in [0, 0.05) is 36.1 Å². The molecule has 0 spiro atoms. The molecule has 1 aliphatic rings. The number of nitrogens with zero attached hydrogens (tertiary/aromatic N) is 7. The van der Waals surface area contributed by atoms with Crippen molar-refractivity contribution >= 4 is 28.6 Å². The number of aryl methyl sites for hydroxylation is 3. The van der Waals surface area contributed by atoms with E-state index in [4.69, 9.17) is 10.8 Å². The van der Waals surface area contributed by atoms with Crippen LogP contribution in [0.25, 0.3) is 22.3 Å². The van der Waals surface area contributed by atoms with Crippen molar-refractivity contribution in [3.05, 3.63) is 77.5 Å². The smallest absolute Gasteiger partial charge is 0.256 e. The summed E-state index contributed by atoms with van der Waals surface area (Å²) in [6, 6.07) is 11.0. The van der Waals surface area contributed by atoms with E-state index in [2.05, 4.69) is 31.6 Å². The minimum absolute atomic E-state index is 0.0138. The second-order valence-electron chi connectivity index (χ2n) is 9.11. The monoisotopic (exact) mass is 479 g/mol. The third kappa shape index (κ3) is 3.76. The summed E-state index contributed by atoms with van der Waals surface area (Å²) in [4.78, 5) is 25.7. The van der Waals surface area contributed by atoms with E-state index < -0.39 is 0 Å². The molecule has 5 aromatic rings. The third-order valence-electron chi connectivity index (χ3n) is 6.58. The van der Waals surface area contributed by atoms with E-state index in [1.165, 1.54) is 6.33 Å². The fourth-order valence-electron chi connectivity index (χ4n) is 4.89. The number of carbonyl (C=O) groups is 1. The Bertz CT molecular complexity index is 1600. The predicted molar refractivity (Wildman–Crippen MR) is 136 cm³/mol. The summed E-state index contributed by atoms with van der Waals surface area (Å²) >= 11 is 0. The molecule has 0 saturated carbocycles. The third-order valence-corrected chi connectivity index (χ3v) is 6.58. The lowest BCUT2D eigenvalue weighted by Gasteiger charge is -2.22. The maximum Gasteiger partial charge on any atom is 0.256 e. The Morgan fingerprint density at radius 2 is 1.94 bits per heavy atom. The maximum absolute atomic E-state index is 12.8. The zero-order valence-corrected chi connectivity index (χ0v) is 20.0. The number of benzene rings is 1. The summed E-state index contributed by atoms with van der Waals surface area (Å²) in [6.45, 7) is 1.95. The molecule has 0 radical (unpaired) electrons. The summed E-state index contributed by atoms with van der Waals surface area (Å²) in [6.07, 6.45) is 8.11. The van der Waals surface area contributed by atoms with Gasteiger partial charge in [0.25, 0.3) is 5.91 Å². The van der Waals surface area contributed by atoms with Crippen molar-refractivity contribution in [1.82, 2.24) is 34.5 Å². The van der Waals surface area contributed by atoms with Crippen LogP contribution >= 0.6 is 0 Å². The Balaban J connectivity index is 1.37. The molecule has 10 heteroatoms. The number of anilines is 2. The zero-order valence-electron chi connectivity index (χ0n) is 20.0. The van der Waals surface area contributed by atoms with Crippen molar-refractivity contribution in [3.8, 4) is 11.3 Å². The molecular weight excluding hydrogens is 454 g/mol. The van der Waals surface area contributed by atoms with Crippen LogP contribution in [0.15, 0.2) is 55.1 Å². The predicted octanol–water partition coefficient (Wildman–Crippen LogP) is 3.69. The van der Waals surface area contributed by atoms with Gasteiger partial charge in [0.15, 0.2) is 5.65 Å². The second-order valence-corrected chi connectivity index (χ2v) is 9.11. The largest absolute Gasteiger partial charge is 0.383 e. The van der Waals surface area contributed by atoms with Crippen LogP contribution in [0.3, 0.4) is 0 Å². The van der Waals surface area contributed by atoms with E-state index in [9.17, 15) is 4.79 Å². The Hall–Kier alpha value is -4.60. The number of hydrogen-bond donors (Lipinski definition) is 2. The molecule has 0 bridgehead atoms. The molecule has 0 aliphatic heterocycles. The highest BCUT2D eigenvalue weighted by Gasteiger charge is 2.29. The van der Waals surface area contributed by atoms with E-state index in [1.807, 2.05) is 47.6 Å². The number of nitrogens with one attached hydrogen (secondary N) is 1. The van der Waals surface area contributed by atoms with Crippen molar-refractivity contribution in [3.63, 3.8) is 0 Å². The van der Waals surface area contributed by atoms with Gasteiger partial charge in [-0.3, -0.25) is 9.48 Å². The highest BCUT2D eigenvalue weighted by atomic mass is 16.1. The summed E-state index contributed by atoms with van der Waals surface area (Å²) in [7, 11) is 1.94. The molecule has 0 saturated heterocycles. The van der Waals surface area contributed by atoms with E-state index in [1.54, 1.807) is 18.3 Å². The van der Waals surface area contributed by atoms with Crippen LogP contribution in [0.5, 0.6) is 0 Å². The Labute approximate surface area is 207 Å². The molecular formula is C26H25N9O. The molecule has 4 heterocycles. The van der Waals surface area contributed by atoms with Crippen molar-refractivity contribution in [2.75, 3.05) is 11.1 Å². The fourth-order valence-corrected chi connectivity index (χ4v) is 4.89. The molecule has 4 aromatic heterocycles. The zero-order chi connectivity index (χ0) is 24.8. The molecule has 6 rings (SSSR count). The van der Waals surface area contributed by atoms with Gasteiger partial charge in [-0.15, -0.1) is 0 Å². The van der Waals surface area contributed by atoms with Crippen LogP contribution < -0.4 is 11.1 Å². The second kappa shape index (κ2) is 8.56. The number of nitrogens with two attached hydrogens (primary N) is 1. The first-order valence-electron chi connectivity index (χ1n) is 11.8. The average molecular weight is 480 g/mol. The molecule has 1 atom stereocenters. The first-order valence-corrected chi connectivity index (χ1v) is 11.8. The molecule has 180 valence electrons. The summed E-state index contributed by atoms with van der Waals surface area (Å²) in [5.41, 5.74) is 12.3. The molecule has 0 unspecified atom stereocenters. The molecule has 3 N–H and O–H groups in total. The van der Waals surface area contributed by atoms with Crippen LogP contribution in [-0.2, 0) is 13.5 Å². The molecule has 0 fully saturated rings. The van der Waals surface area contributed by atoms with Gasteiger partial charge in [0.2, 0.25) is 0 Å². The lowest BCUT2D eigenvalue weighted by atomic mass is 9.93.